The third-order valence-electron chi connectivity index (χ3n) is 6.49. The lowest BCUT2D eigenvalue weighted by atomic mass is 9.91. The molecule has 1 aliphatic carbocycles. The number of likely N-dealkylation sites (tertiary alicyclic amines) is 1. The Bertz CT molecular complexity index is 953. The van der Waals surface area contributed by atoms with Crippen LogP contribution in [0.2, 0.25) is 0 Å². The number of hydrogen-bond donors (Lipinski definition) is 2. The second-order valence-electron chi connectivity index (χ2n) is 8.69. The summed E-state index contributed by atoms with van der Waals surface area (Å²) >= 11 is 1.53. The standard InChI is InChI=1S/C21H30N4O3S/c1-14-15(2)29-19-18(14)20(27)25(13-22-19)12-21(28)7-9-24(10-8-21)11-17(26)23-16-5-3-4-6-16/h13,16,28H,3-12H2,1-2H3,(H,23,26). The van der Waals surface area contributed by atoms with Crippen LogP contribution in [0.25, 0.3) is 10.2 Å². The molecule has 2 fully saturated rings. The third-order valence-corrected chi connectivity index (χ3v) is 7.61. The molecule has 2 aromatic rings. The van der Waals surface area contributed by atoms with Crippen molar-refractivity contribution in [2.45, 2.75) is 70.6 Å². The number of nitrogens with zero attached hydrogens (tertiary/aromatic N) is 3. The van der Waals surface area contributed by atoms with E-state index in [0.29, 0.717) is 43.9 Å². The highest BCUT2D eigenvalue weighted by Gasteiger charge is 2.34. The number of aryl methyl sites for hydroxylation is 2. The summed E-state index contributed by atoms with van der Waals surface area (Å²) in [6.07, 6.45) is 7.20. The zero-order valence-corrected chi connectivity index (χ0v) is 18.1. The van der Waals surface area contributed by atoms with Crippen LogP contribution >= 0.6 is 11.3 Å². The van der Waals surface area contributed by atoms with Gasteiger partial charge < -0.3 is 10.4 Å². The molecule has 7 nitrogen and oxygen atoms in total. The highest BCUT2D eigenvalue weighted by Crippen LogP contribution is 2.27. The Balaban J connectivity index is 1.36. The van der Waals surface area contributed by atoms with Crippen molar-refractivity contribution in [3.05, 3.63) is 27.1 Å². The summed E-state index contributed by atoms with van der Waals surface area (Å²) < 4.78 is 1.55. The molecular formula is C21H30N4O3S. The van der Waals surface area contributed by atoms with Gasteiger partial charge in [0.2, 0.25) is 5.91 Å². The van der Waals surface area contributed by atoms with Crippen LogP contribution in [0.3, 0.4) is 0 Å². The number of aliphatic hydroxyl groups is 1. The van der Waals surface area contributed by atoms with Gasteiger partial charge in [-0.05, 0) is 45.1 Å². The maximum absolute atomic E-state index is 12.9. The average Bonchev–Trinajstić information content (AvgIpc) is 3.28. The Morgan fingerprint density at radius 1 is 1.31 bits per heavy atom. The van der Waals surface area contributed by atoms with E-state index in [-0.39, 0.29) is 18.0 Å². The van der Waals surface area contributed by atoms with Gasteiger partial charge in [-0.1, -0.05) is 12.8 Å². The smallest absolute Gasteiger partial charge is 0.262 e. The summed E-state index contributed by atoms with van der Waals surface area (Å²) in [4.78, 5) is 33.5. The average molecular weight is 419 g/mol. The van der Waals surface area contributed by atoms with E-state index in [1.165, 1.54) is 24.2 Å². The van der Waals surface area contributed by atoms with Gasteiger partial charge in [0.25, 0.3) is 5.56 Å². The van der Waals surface area contributed by atoms with Crippen LogP contribution in [0.4, 0.5) is 0 Å². The van der Waals surface area contributed by atoms with Gasteiger partial charge in [-0.3, -0.25) is 19.1 Å². The Morgan fingerprint density at radius 2 is 2.00 bits per heavy atom. The van der Waals surface area contributed by atoms with Crippen LogP contribution in [0.15, 0.2) is 11.1 Å². The molecule has 29 heavy (non-hydrogen) atoms. The molecule has 0 spiro atoms. The van der Waals surface area contributed by atoms with E-state index in [1.807, 2.05) is 13.8 Å². The largest absolute Gasteiger partial charge is 0.388 e. The SMILES string of the molecule is Cc1sc2ncn(CC3(O)CCN(CC(=O)NC4CCCC4)CC3)c(=O)c2c1C. The van der Waals surface area contributed by atoms with Crippen molar-refractivity contribution in [3.8, 4) is 0 Å². The predicted octanol–water partition coefficient (Wildman–Crippen LogP) is 1.96. The fourth-order valence-electron chi connectivity index (χ4n) is 4.53. The first-order chi connectivity index (χ1) is 13.8. The number of hydrogen-bond acceptors (Lipinski definition) is 6. The molecule has 2 N–H and O–H groups in total. The Hall–Kier alpha value is -1.77. The van der Waals surface area contributed by atoms with E-state index >= 15 is 0 Å². The topological polar surface area (TPSA) is 87.5 Å². The van der Waals surface area contributed by atoms with Gasteiger partial charge in [-0.25, -0.2) is 4.98 Å². The van der Waals surface area contributed by atoms with Gasteiger partial charge in [0.15, 0.2) is 0 Å². The normalized spacial score (nSPS) is 20.4. The first-order valence-electron chi connectivity index (χ1n) is 10.5. The fourth-order valence-corrected chi connectivity index (χ4v) is 5.52. The van der Waals surface area contributed by atoms with Gasteiger partial charge >= 0.3 is 0 Å². The van der Waals surface area contributed by atoms with Crippen molar-refractivity contribution in [2.24, 2.45) is 0 Å². The summed E-state index contributed by atoms with van der Waals surface area (Å²) in [5.41, 5.74) is -0.0491. The van der Waals surface area contributed by atoms with Gasteiger partial charge in [0.05, 0.1) is 30.4 Å². The number of carbonyl (C=O) groups excluding carboxylic acids is 1. The number of amides is 1. The second kappa shape index (κ2) is 8.16. The van der Waals surface area contributed by atoms with Crippen LogP contribution < -0.4 is 10.9 Å². The van der Waals surface area contributed by atoms with E-state index < -0.39 is 5.60 Å². The molecule has 1 saturated heterocycles. The van der Waals surface area contributed by atoms with Crippen molar-refractivity contribution >= 4 is 27.5 Å². The molecule has 1 amide bonds. The van der Waals surface area contributed by atoms with Gasteiger partial charge in [0, 0.05) is 24.0 Å². The lowest BCUT2D eigenvalue weighted by Crippen LogP contribution is -2.50. The van der Waals surface area contributed by atoms with Crippen LogP contribution in [-0.4, -0.2) is 56.7 Å². The minimum absolute atomic E-state index is 0.0800. The molecule has 0 atom stereocenters. The van der Waals surface area contributed by atoms with Crippen molar-refractivity contribution in [2.75, 3.05) is 19.6 Å². The van der Waals surface area contributed by atoms with Gasteiger partial charge in [0.1, 0.15) is 4.83 Å². The van der Waals surface area contributed by atoms with Gasteiger partial charge in [-0.2, -0.15) is 0 Å². The number of thiophene rings is 1. The molecule has 3 heterocycles. The molecule has 0 radical (unpaired) electrons. The van der Waals surface area contributed by atoms with Gasteiger partial charge in [-0.15, -0.1) is 11.3 Å². The zero-order chi connectivity index (χ0) is 20.6. The molecule has 1 saturated carbocycles. The van der Waals surface area contributed by atoms with Crippen molar-refractivity contribution in [1.82, 2.24) is 19.8 Å². The lowest BCUT2D eigenvalue weighted by Gasteiger charge is -2.38. The van der Waals surface area contributed by atoms with Crippen LogP contribution in [0.5, 0.6) is 0 Å². The molecule has 8 heteroatoms. The van der Waals surface area contributed by atoms with Crippen LogP contribution in [0, 0.1) is 13.8 Å². The molecule has 2 aromatic heterocycles. The number of aromatic nitrogens is 2. The van der Waals surface area contributed by atoms with E-state index in [2.05, 4.69) is 15.2 Å². The summed E-state index contributed by atoms with van der Waals surface area (Å²) in [5, 5.41) is 14.9. The number of carbonyl (C=O) groups is 1. The molecule has 4 rings (SSSR count). The van der Waals surface area contributed by atoms with Crippen molar-refractivity contribution in [3.63, 3.8) is 0 Å². The summed E-state index contributed by atoms with van der Waals surface area (Å²) in [5.74, 6) is 0.0801. The first-order valence-corrected chi connectivity index (χ1v) is 11.4. The third kappa shape index (κ3) is 4.39. The van der Waals surface area contributed by atoms with E-state index in [4.69, 9.17) is 0 Å². The highest BCUT2D eigenvalue weighted by atomic mass is 32.1. The fraction of sp³-hybridized carbons (Fsp3) is 0.667. The van der Waals surface area contributed by atoms with Crippen LogP contribution in [-0.2, 0) is 11.3 Å². The summed E-state index contributed by atoms with van der Waals surface area (Å²) in [7, 11) is 0. The quantitative estimate of drug-likeness (QED) is 0.775. The molecule has 1 aliphatic heterocycles. The minimum Gasteiger partial charge on any atom is -0.388 e. The van der Waals surface area contributed by atoms with E-state index in [1.54, 1.807) is 10.9 Å². The Labute approximate surface area is 174 Å². The number of nitrogens with one attached hydrogen (secondary N) is 1. The molecule has 2 aliphatic rings. The lowest BCUT2D eigenvalue weighted by molar-refractivity contribution is -0.124. The molecule has 158 valence electrons. The Morgan fingerprint density at radius 3 is 2.69 bits per heavy atom. The summed E-state index contributed by atoms with van der Waals surface area (Å²) in [6.45, 7) is 5.87. The number of fused-ring (bicyclic) bond motifs is 1. The monoisotopic (exact) mass is 418 g/mol. The van der Waals surface area contributed by atoms with Crippen LogP contribution in [0.1, 0.15) is 49.0 Å². The maximum Gasteiger partial charge on any atom is 0.262 e. The molecule has 0 aromatic carbocycles. The van der Waals surface area contributed by atoms with E-state index in [9.17, 15) is 14.7 Å². The summed E-state index contributed by atoms with van der Waals surface area (Å²) in [6, 6.07) is 0.336. The predicted molar refractivity (Wildman–Crippen MR) is 114 cm³/mol. The second-order valence-corrected chi connectivity index (χ2v) is 9.89. The van der Waals surface area contributed by atoms with Crippen molar-refractivity contribution < 1.29 is 9.90 Å². The number of rotatable bonds is 5. The molecular weight excluding hydrogens is 388 g/mol. The molecule has 0 unspecified atom stereocenters. The Kier molecular flexibility index (Phi) is 5.77. The maximum atomic E-state index is 12.9. The minimum atomic E-state index is -0.948. The number of piperidine rings is 1. The first kappa shape index (κ1) is 20.5. The molecule has 0 bridgehead atoms. The van der Waals surface area contributed by atoms with E-state index in [0.717, 1.165) is 28.1 Å². The van der Waals surface area contributed by atoms with Crippen molar-refractivity contribution in [1.29, 1.82) is 0 Å². The zero-order valence-electron chi connectivity index (χ0n) is 17.2. The highest BCUT2D eigenvalue weighted by molar-refractivity contribution is 7.18.